The lowest BCUT2D eigenvalue weighted by Crippen LogP contribution is -2.77. The largest absolute Gasteiger partial charge is 0.377 e. The van der Waals surface area contributed by atoms with Crippen LogP contribution in [0.3, 0.4) is 0 Å². The fourth-order valence-electron chi connectivity index (χ4n) is 4.38. The van der Waals surface area contributed by atoms with Gasteiger partial charge in [-0.2, -0.15) is 0 Å². The molecule has 3 unspecified atom stereocenters. The molecular formula is C18H28N2O. The van der Waals surface area contributed by atoms with E-state index in [0.29, 0.717) is 12.0 Å². The Balaban J connectivity index is 1.70. The highest BCUT2D eigenvalue weighted by Crippen LogP contribution is 2.58. The van der Waals surface area contributed by atoms with E-state index in [4.69, 9.17) is 10.5 Å². The number of nitrogens with zero attached hydrogens (tertiary/aromatic N) is 1. The van der Waals surface area contributed by atoms with Crippen LogP contribution in [0.5, 0.6) is 0 Å². The van der Waals surface area contributed by atoms with Crippen molar-refractivity contribution in [3.63, 3.8) is 0 Å². The smallest absolute Gasteiger partial charge is 0.0691 e. The van der Waals surface area contributed by atoms with Gasteiger partial charge in [0.15, 0.2) is 0 Å². The van der Waals surface area contributed by atoms with Gasteiger partial charge in [0, 0.05) is 36.6 Å². The Labute approximate surface area is 128 Å². The molecule has 0 amide bonds. The molecule has 3 atom stereocenters. The van der Waals surface area contributed by atoms with E-state index in [0.717, 1.165) is 26.1 Å². The lowest BCUT2D eigenvalue weighted by atomic mass is 9.48. The lowest BCUT2D eigenvalue weighted by molar-refractivity contribution is -0.162. The first-order chi connectivity index (χ1) is 9.86. The van der Waals surface area contributed by atoms with Crippen LogP contribution in [0, 0.1) is 18.3 Å². The summed E-state index contributed by atoms with van der Waals surface area (Å²) in [5.74, 6) is 0.520. The molecule has 2 N–H and O–H groups in total. The molecule has 1 heterocycles. The van der Waals surface area contributed by atoms with Crippen molar-refractivity contribution in [3.8, 4) is 0 Å². The second-order valence-electron chi connectivity index (χ2n) is 7.55. The van der Waals surface area contributed by atoms with Gasteiger partial charge in [0.1, 0.15) is 0 Å². The molecular weight excluding hydrogens is 260 g/mol. The van der Waals surface area contributed by atoms with Gasteiger partial charge in [-0.05, 0) is 31.5 Å². The third-order valence-corrected chi connectivity index (χ3v) is 5.90. The molecule has 1 saturated heterocycles. The number of nitrogens with two attached hydrogens (primary N) is 1. The van der Waals surface area contributed by atoms with Crippen molar-refractivity contribution >= 4 is 0 Å². The van der Waals surface area contributed by atoms with Gasteiger partial charge in [0.2, 0.25) is 0 Å². The zero-order valence-corrected chi connectivity index (χ0v) is 13.7. The van der Waals surface area contributed by atoms with Crippen molar-refractivity contribution in [2.24, 2.45) is 17.1 Å². The van der Waals surface area contributed by atoms with Gasteiger partial charge >= 0.3 is 0 Å². The summed E-state index contributed by atoms with van der Waals surface area (Å²) < 4.78 is 5.88. The minimum Gasteiger partial charge on any atom is -0.377 e. The second-order valence-corrected chi connectivity index (χ2v) is 7.55. The number of hydrogen-bond donors (Lipinski definition) is 1. The van der Waals surface area contributed by atoms with Crippen molar-refractivity contribution in [2.75, 3.05) is 20.2 Å². The Bertz CT molecular complexity index is 528. The predicted molar refractivity (Wildman–Crippen MR) is 86.1 cm³/mol. The molecule has 1 aromatic rings. The summed E-state index contributed by atoms with van der Waals surface area (Å²) in [6.45, 7) is 9.47. The Kier molecular flexibility index (Phi) is 3.63. The van der Waals surface area contributed by atoms with E-state index in [1.807, 2.05) is 0 Å². The molecule has 1 aliphatic heterocycles. The maximum Gasteiger partial charge on any atom is 0.0691 e. The molecule has 2 aliphatic rings. The highest BCUT2D eigenvalue weighted by atomic mass is 16.5. The Hall–Kier alpha value is -0.900. The zero-order valence-electron chi connectivity index (χ0n) is 13.7. The molecule has 3 heteroatoms. The topological polar surface area (TPSA) is 38.5 Å². The molecule has 2 fully saturated rings. The second kappa shape index (κ2) is 5.08. The third-order valence-electron chi connectivity index (χ3n) is 5.90. The molecule has 0 radical (unpaired) electrons. The van der Waals surface area contributed by atoms with E-state index in [1.165, 1.54) is 11.1 Å². The first-order valence-corrected chi connectivity index (χ1v) is 8.00. The number of ether oxygens (including phenoxy) is 1. The normalized spacial score (nSPS) is 33.8. The summed E-state index contributed by atoms with van der Waals surface area (Å²) >= 11 is 0. The summed E-state index contributed by atoms with van der Waals surface area (Å²) in [5, 5.41) is 0. The minimum absolute atomic E-state index is 0.0636. The Morgan fingerprint density at radius 3 is 2.76 bits per heavy atom. The molecule has 21 heavy (non-hydrogen) atoms. The van der Waals surface area contributed by atoms with Gasteiger partial charge in [0.25, 0.3) is 0 Å². The summed E-state index contributed by atoms with van der Waals surface area (Å²) in [4.78, 5) is 2.37. The SMILES string of the molecule is Cc1ccccc1CN(C)CC1(N)C2CCOC2C1(C)C. The monoisotopic (exact) mass is 288 g/mol. The van der Waals surface area contributed by atoms with E-state index in [-0.39, 0.29) is 11.0 Å². The van der Waals surface area contributed by atoms with Crippen LogP contribution in [0.25, 0.3) is 0 Å². The van der Waals surface area contributed by atoms with Crippen LogP contribution in [0.15, 0.2) is 24.3 Å². The predicted octanol–water partition coefficient (Wildman–Crippen LogP) is 2.57. The highest BCUT2D eigenvalue weighted by molar-refractivity contribution is 5.26. The quantitative estimate of drug-likeness (QED) is 0.925. The Morgan fingerprint density at radius 2 is 2.05 bits per heavy atom. The summed E-state index contributed by atoms with van der Waals surface area (Å²) in [6.07, 6.45) is 1.47. The summed E-state index contributed by atoms with van der Waals surface area (Å²) in [5.41, 5.74) is 9.51. The maximum atomic E-state index is 6.84. The lowest BCUT2D eigenvalue weighted by Gasteiger charge is -2.63. The Morgan fingerprint density at radius 1 is 1.33 bits per heavy atom. The minimum atomic E-state index is -0.133. The van der Waals surface area contributed by atoms with Crippen molar-refractivity contribution in [1.82, 2.24) is 4.90 Å². The maximum absolute atomic E-state index is 6.84. The van der Waals surface area contributed by atoms with Crippen LogP contribution < -0.4 is 5.73 Å². The molecule has 1 aromatic carbocycles. The molecule has 116 valence electrons. The molecule has 0 bridgehead atoms. The van der Waals surface area contributed by atoms with Crippen LogP contribution >= 0.6 is 0 Å². The summed E-state index contributed by atoms with van der Waals surface area (Å²) in [7, 11) is 2.18. The van der Waals surface area contributed by atoms with Crippen molar-refractivity contribution in [2.45, 2.75) is 45.4 Å². The van der Waals surface area contributed by atoms with Crippen LogP contribution in [0.2, 0.25) is 0 Å². The van der Waals surface area contributed by atoms with Crippen molar-refractivity contribution < 1.29 is 4.74 Å². The van der Waals surface area contributed by atoms with Crippen LogP contribution in [-0.4, -0.2) is 36.7 Å². The number of fused-ring (bicyclic) bond motifs is 1. The van der Waals surface area contributed by atoms with Gasteiger partial charge in [-0.3, -0.25) is 0 Å². The average molecular weight is 288 g/mol. The molecule has 1 saturated carbocycles. The number of likely N-dealkylation sites (N-methyl/N-ethyl adjacent to an activating group) is 1. The first-order valence-electron chi connectivity index (χ1n) is 8.00. The fraction of sp³-hybridized carbons (Fsp3) is 0.667. The van der Waals surface area contributed by atoms with E-state index in [9.17, 15) is 0 Å². The van der Waals surface area contributed by atoms with Gasteiger partial charge in [-0.15, -0.1) is 0 Å². The average Bonchev–Trinajstić information content (AvgIpc) is 2.89. The van der Waals surface area contributed by atoms with Gasteiger partial charge in [-0.1, -0.05) is 38.1 Å². The van der Waals surface area contributed by atoms with Gasteiger partial charge in [0.05, 0.1) is 6.10 Å². The highest BCUT2D eigenvalue weighted by Gasteiger charge is 2.67. The first kappa shape index (κ1) is 15.0. The van der Waals surface area contributed by atoms with Gasteiger partial charge in [-0.25, -0.2) is 0 Å². The third kappa shape index (κ3) is 2.23. The number of rotatable bonds is 4. The number of hydrogen-bond acceptors (Lipinski definition) is 3. The molecule has 3 nitrogen and oxygen atoms in total. The molecule has 0 aromatic heterocycles. The van der Waals surface area contributed by atoms with Crippen LogP contribution in [0.1, 0.15) is 31.4 Å². The molecule has 0 spiro atoms. The number of aryl methyl sites for hydroxylation is 1. The van der Waals surface area contributed by atoms with E-state index in [2.05, 4.69) is 57.0 Å². The van der Waals surface area contributed by atoms with E-state index in [1.54, 1.807) is 0 Å². The van der Waals surface area contributed by atoms with Gasteiger partial charge < -0.3 is 15.4 Å². The van der Waals surface area contributed by atoms with E-state index >= 15 is 0 Å². The molecule has 1 aliphatic carbocycles. The van der Waals surface area contributed by atoms with Crippen LogP contribution in [-0.2, 0) is 11.3 Å². The zero-order chi connectivity index (χ0) is 15.3. The summed E-state index contributed by atoms with van der Waals surface area (Å²) in [6, 6.07) is 8.60. The van der Waals surface area contributed by atoms with Crippen molar-refractivity contribution in [3.05, 3.63) is 35.4 Å². The van der Waals surface area contributed by atoms with Crippen LogP contribution in [0.4, 0.5) is 0 Å². The van der Waals surface area contributed by atoms with E-state index < -0.39 is 0 Å². The standard InChI is InChI=1S/C18H28N2O/c1-13-7-5-6-8-14(13)11-20(4)12-18(19)15-9-10-21-16(15)17(18,2)3/h5-8,15-16H,9-12,19H2,1-4H3. The number of benzene rings is 1. The van der Waals surface area contributed by atoms with Crippen molar-refractivity contribution in [1.29, 1.82) is 0 Å². The molecule has 3 rings (SSSR count). The fourth-order valence-corrected chi connectivity index (χ4v) is 4.38.